The van der Waals surface area contributed by atoms with E-state index in [4.69, 9.17) is 4.74 Å². The average Bonchev–Trinajstić information content (AvgIpc) is 2.46. The number of hydrogen-bond donors (Lipinski definition) is 2. The van der Waals surface area contributed by atoms with Crippen LogP contribution in [0.2, 0.25) is 0 Å². The van der Waals surface area contributed by atoms with Crippen LogP contribution >= 0.6 is 0 Å². The maximum atomic E-state index is 12.2. The SMILES string of the molecule is CCC(CC)(NC(=O)Cc1ccc(OC)cc1C)C(=O)O. The third-order valence-electron chi connectivity index (χ3n) is 3.90. The van der Waals surface area contributed by atoms with Crippen molar-refractivity contribution in [3.63, 3.8) is 0 Å². The molecule has 0 aliphatic rings. The Morgan fingerprint density at radius 2 is 1.90 bits per heavy atom. The van der Waals surface area contributed by atoms with Crippen molar-refractivity contribution in [3.8, 4) is 5.75 Å². The van der Waals surface area contributed by atoms with Gasteiger partial charge < -0.3 is 15.2 Å². The van der Waals surface area contributed by atoms with Crippen molar-refractivity contribution in [2.24, 2.45) is 0 Å². The van der Waals surface area contributed by atoms with Crippen LogP contribution in [0.1, 0.15) is 37.8 Å². The summed E-state index contributed by atoms with van der Waals surface area (Å²) in [7, 11) is 1.59. The molecule has 5 nitrogen and oxygen atoms in total. The fourth-order valence-corrected chi connectivity index (χ4v) is 2.26. The molecule has 0 fully saturated rings. The summed E-state index contributed by atoms with van der Waals surface area (Å²) in [5, 5.41) is 12.0. The lowest BCUT2D eigenvalue weighted by atomic mass is 9.92. The fourth-order valence-electron chi connectivity index (χ4n) is 2.26. The smallest absolute Gasteiger partial charge is 0.329 e. The Labute approximate surface area is 125 Å². The predicted molar refractivity (Wildman–Crippen MR) is 80.5 cm³/mol. The minimum atomic E-state index is -1.18. The standard InChI is InChI=1S/C16H23NO4/c1-5-16(6-2,15(19)20)17-14(18)10-12-7-8-13(21-4)9-11(12)3/h7-9H,5-6,10H2,1-4H3,(H,17,18)(H,19,20). The molecule has 0 radical (unpaired) electrons. The van der Waals surface area contributed by atoms with E-state index in [1.807, 2.05) is 19.1 Å². The monoisotopic (exact) mass is 293 g/mol. The molecule has 0 heterocycles. The molecule has 5 heteroatoms. The Bertz CT molecular complexity index is 521. The van der Waals surface area contributed by atoms with Gasteiger partial charge in [0.15, 0.2) is 0 Å². The molecular weight excluding hydrogens is 270 g/mol. The Kier molecular flexibility index (Phi) is 5.76. The van der Waals surface area contributed by atoms with Crippen LogP contribution in [0, 0.1) is 6.92 Å². The lowest BCUT2D eigenvalue weighted by Crippen LogP contribution is -2.54. The number of carboxylic acid groups (broad SMARTS) is 1. The molecule has 1 aromatic carbocycles. The second-order valence-corrected chi connectivity index (χ2v) is 5.11. The van der Waals surface area contributed by atoms with Gasteiger partial charge in [0.05, 0.1) is 13.5 Å². The van der Waals surface area contributed by atoms with E-state index in [0.29, 0.717) is 12.8 Å². The van der Waals surface area contributed by atoms with Gasteiger partial charge in [-0.15, -0.1) is 0 Å². The van der Waals surface area contributed by atoms with Gasteiger partial charge in [0.2, 0.25) is 5.91 Å². The summed E-state index contributed by atoms with van der Waals surface area (Å²) in [5.74, 6) is -0.541. The summed E-state index contributed by atoms with van der Waals surface area (Å²) in [4.78, 5) is 23.5. The molecule has 0 aliphatic heterocycles. The highest BCUT2D eigenvalue weighted by molar-refractivity contribution is 5.88. The highest BCUT2D eigenvalue weighted by Gasteiger charge is 2.36. The second-order valence-electron chi connectivity index (χ2n) is 5.11. The lowest BCUT2D eigenvalue weighted by molar-refractivity contribution is -0.148. The van der Waals surface area contributed by atoms with Gasteiger partial charge in [-0.25, -0.2) is 4.79 Å². The summed E-state index contributed by atoms with van der Waals surface area (Å²) >= 11 is 0. The lowest BCUT2D eigenvalue weighted by Gasteiger charge is -2.28. The van der Waals surface area contributed by atoms with E-state index in [9.17, 15) is 14.7 Å². The molecule has 0 aliphatic carbocycles. The number of benzene rings is 1. The van der Waals surface area contributed by atoms with Gasteiger partial charge in [0.1, 0.15) is 11.3 Å². The number of nitrogens with one attached hydrogen (secondary N) is 1. The van der Waals surface area contributed by atoms with Gasteiger partial charge in [-0.1, -0.05) is 19.9 Å². The van der Waals surface area contributed by atoms with Crippen LogP contribution in [-0.2, 0) is 16.0 Å². The minimum Gasteiger partial charge on any atom is -0.497 e. The maximum Gasteiger partial charge on any atom is 0.329 e. The van der Waals surface area contributed by atoms with Gasteiger partial charge in [-0.3, -0.25) is 4.79 Å². The Hall–Kier alpha value is -2.04. The summed E-state index contributed by atoms with van der Waals surface area (Å²) in [5.41, 5.74) is 0.621. The van der Waals surface area contributed by atoms with Crippen LogP contribution in [0.5, 0.6) is 5.75 Å². The zero-order chi connectivity index (χ0) is 16.0. The number of ether oxygens (including phenoxy) is 1. The number of aliphatic carboxylic acids is 1. The number of carbonyl (C=O) groups is 2. The highest BCUT2D eigenvalue weighted by Crippen LogP contribution is 2.19. The second kappa shape index (κ2) is 7.11. The number of aryl methyl sites for hydroxylation is 1. The first-order chi connectivity index (χ1) is 9.88. The van der Waals surface area contributed by atoms with E-state index < -0.39 is 11.5 Å². The van der Waals surface area contributed by atoms with Crippen LogP contribution in [-0.4, -0.2) is 29.6 Å². The number of methoxy groups -OCH3 is 1. The quantitative estimate of drug-likeness (QED) is 0.809. The number of carboxylic acids is 1. The van der Waals surface area contributed by atoms with Gasteiger partial charge in [-0.05, 0) is 43.0 Å². The predicted octanol–water partition coefficient (Wildman–Crippen LogP) is 2.31. The molecule has 116 valence electrons. The zero-order valence-electron chi connectivity index (χ0n) is 13.0. The molecule has 0 unspecified atom stereocenters. The zero-order valence-corrected chi connectivity index (χ0v) is 13.0. The van der Waals surface area contributed by atoms with Gasteiger partial charge >= 0.3 is 5.97 Å². The topological polar surface area (TPSA) is 75.6 Å². The molecule has 1 aromatic rings. The van der Waals surface area contributed by atoms with Crippen molar-refractivity contribution >= 4 is 11.9 Å². The maximum absolute atomic E-state index is 12.2. The van der Waals surface area contributed by atoms with Crippen molar-refractivity contribution in [2.45, 2.75) is 45.6 Å². The molecule has 0 saturated carbocycles. The third kappa shape index (κ3) is 3.97. The van der Waals surface area contributed by atoms with Crippen LogP contribution in [0.25, 0.3) is 0 Å². The Morgan fingerprint density at radius 3 is 2.33 bits per heavy atom. The number of amides is 1. The summed E-state index contributed by atoms with van der Waals surface area (Å²) < 4.78 is 5.12. The van der Waals surface area contributed by atoms with E-state index >= 15 is 0 Å². The van der Waals surface area contributed by atoms with Gasteiger partial charge in [0, 0.05) is 0 Å². The van der Waals surface area contributed by atoms with Crippen LogP contribution in [0.15, 0.2) is 18.2 Å². The summed E-state index contributed by atoms with van der Waals surface area (Å²) in [6.07, 6.45) is 0.864. The van der Waals surface area contributed by atoms with Crippen molar-refractivity contribution in [2.75, 3.05) is 7.11 Å². The van der Waals surface area contributed by atoms with Crippen LogP contribution < -0.4 is 10.1 Å². The third-order valence-corrected chi connectivity index (χ3v) is 3.90. The summed E-state index contributed by atoms with van der Waals surface area (Å²) in [6.45, 7) is 5.42. The average molecular weight is 293 g/mol. The molecule has 1 amide bonds. The van der Waals surface area contributed by atoms with E-state index in [2.05, 4.69) is 5.32 Å². The van der Waals surface area contributed by atoms with E-state index in [1.165, 1.54) is 0 Å². The largest absolute Gasteiger partial charge is 0.497 e. The number of carbonyl (C=O) groups excluding carboxylic acids is 1. The first-order valence-corrected chi connectivity index (χ1v) is 7.06. The molecule has 0 bridgehead atoms. The fraction of sp³-hybridized carbons (Fsp3) is 0.500. The number of rotatable bonds is 7. The van der Waals surface area contributed by atoms with Crippen molar-refractivity contribution in [1.29, 1.82) is 0 Å². The van der Waals surface area contributed by atoms with Crippen molar-refractivity contribution in [1.82, 2.24) is 5.32 Å². The van der Waals surface area contributed by atoms with E-state index in [1.54, 1.807) is 27.0 Å². The number of hydrogen-bond acceptors (Lipinski definition) is 3. The highest BCUT2D eigenvalue weighted by atomic mass is 16.5. The molecule has 21 heavy (non-hydrogen) atoms. The molecule has 0 atom stereocenters. The minimum absolute atomic E-state index is 0.158. The normalized spacial score (nSPS) is 11.0. The summed E-state index contributed by atoms with van der Waals surface area (Å²) in [6, 6.07) is 5.47. The Balaban J connectivity index is 2.84. The van der Waals surface area contributed by atoms with Gasteiger partial charge in [-0.2, -0.15) is 0 Å². The molecule has 0 spiro atoms. The van der Waals surface area contributed by atoms with Gasteiger partial charge in [0.25, 0.3) is 0 Å². The van der Waals surface area contributed by atoms with E-state index in [0.717, 1.165) is 16.9 Å². The van der Waals surface area contributed by atoms with Crippen LogP contribution in [0.4, 0.5) is 0 Å². The first kappa shape index (κ1) is 17.0. The van der Waals surface area contributed by atoms with Crippen molar-refractivity contribution in [3.05, 3.63) is 29.3 Å². The molecule has 0 aromatic heterocycles. The van der Waals surface area contributed by atoms with Crippen LogP contribution in [0.3, 0.4) is 0 Å². The van der Waals surface area contributed by atoms with E-state index in [-0.39, 0.29) is 12.3 Å². The first-order valence-electron chi connectivity index (χ1n) is 7.06. The molecule has 0 saturated heterocycles. The molecule has 1 rings (SSSR count). The van der Waals surface area contributed by atoms with Crippen molar-refractivity contribution < 1.29 is 19.4 Å². The molecular formula is C16H23NO4. The Morgan fingerprint density at radius 1 is 1.29 bits per heavy atom. The molecule has 2 N–H and O–H groups in total.